The fourth-order valence-corrected chi connectivity index (χ4v) is 3.88. The Morgan fingerprint density at radius 3 is 2.45 bits per heavy atom. The zero-order chi connectivity index (χ0) is 22.4. The molecule has 0 radical (unpaired) electrons. The van der Waals surface area contributed by atoms with Crippen molar-refractivity contribution in [1.29, 1.82) is 0 Å². The number of piperidine rings is 1. The van der Waals surface area contributed by atoms with Gasteiger partial charge in [0.15, 0.2) is 0 Å². The van der Waals surface area contributed by atoms with Gasteiger partial charge in [-0.05, 0) is 74.7 Å². The number of urea groups is 1. The Labute approximate surface area is 185 Å². The molecule has 2 aromatic carbocycles. The zero-order valence-electron chi connectivity index (χ0n) is 19.1. The van der Waals surface area contributed by atoms with E-state index in [4.69, 9.17) is 0 Å². The van der Waals surface area contributed by atoms with Gasteiger partial charge in [0.05, 0.1) is 0 Å². The third kappa shape index (κ3) is 6.56. The van der Waals surface area contributed by atoms with E-state index < -0.39 is 0 Å². The molecule has 2 aromatic rings. The van der Waals surface area contributed by atoms with E-state index in [2.05, 4.69) is 34.6 Å². The largest absolute Gasteiger partial charge is 0.339 e. The SMILES string of the molecule is Cc1cc(C(=O)N2CCC(C)CC2)ccc1NC(=O)NCc1cccc(CN(C)C)c1. The van der Waals surface area contributed by atoms with Gasteiger partial charge in [-0.25, -0.2) is 4.79 Å². The quantitative estimate of drug-likeness (QED) is 0.731. The smallest absolute Gasteiger partial charge is 0.319 e. The number of rotatable bonds is 6. The van der Waals surface area contributed by atoms with Crippen LogP contribution in [0.5, 0.6) is 0 Å². The molecule has 31 heavy (non-hydrogen) atoms. The van der Waals surface area contributed by atoms with E-state index in [0.717, 1.165) is 43.6 Å². The molecular weight excluding hydrogens is 388 g/mol. The van der Waals surface area contributed by atoms with Crippen molar-refractivity contribution in [2.24, 2.45) is 5.92 Å². The predicted molar refractivity (Wildman–Crippen MR) is 125 cm³/mol. The second-order valence-electron chi connectivity index (χ2n) is 8.87. The van der Waals surface area contributed by atoms with Gasteiger partial charge >= 0.3 is 6.03 Å². The molecule has 1 aliphatic rings. The molecule has 0 spiro atoms. The number of benzene rings is 2. The maximum Gasteiger partial charge on any atom is 0.319 e. The minimum atomic E-state index is -0.259. The highest BCUT2D eigenvalue weighted by Gasteiger charge is 2.21. The minimum absolute atomic E-state index is 0.0728. The number of nitrogens with zero attached hydrogens (tertiary/aromatic N) is 2. The number of hydrogen-bond acceptors (Lipinski definition) is 3. The number of aryl methyl sites for hydroxylation is 1. The first-order valence-electron chi connectivity index (χ1n) is 11.0. The third-order valence-electron chi connectivity index (χ3n) is 5.74. The van der Waals surface area contributed by atoms with Gasteiger partial charge in [-0.1, -0.05) is 31.2 Å². The van der Waals surface area contributed by atoms with Gasteiger partial charge < -0.3 is 20.4 Å². The number of nitrogens with one attached hydrogen (secondary N) is 2. The fraction of sp³-hybridized carbons (Fsp3) is 0.440. The number of carbonyl (C=O) groups excluding carboxylic acids is 2. The fourth-order valence-electron chi connectivity index (χ4n) is 3.88. The average Bonchev–Trinajstić information content (AvgIpc) is 2.73. The molecule has 1 heterocycles. The highest BCUT2D eigenvalue weighted by molar-refractivity contribution is 5.96. The summed E-state index contributed by atoms with van der Waals surface area (Å²) in [6.07, 6.45) is 2.12. The van der Waals surface area contributed by atoms with E-state index in [0.29, 0.717) is 23.7 Å². The van der Waals surface area contributed by atoms with E-state index in [1.54, 1.807) is 6.07 Å². The molecule has 6 heteroatoms. The van der Waals surface area contributed by atoms with Gasteiger partial charge in [-0.3, -0.25) is 4.79 Å². The second kappa shape index (κ2) is 10.4. The van der Waals surface area contributed by atoms with E-state index in [9.17, 15) is 9.59 Å². The van der Waals surface area contributed by atoms with Crippen LogP contribution in [-0.4, -0.2) is 48.9 Å². The summed E-state index contributed by atoms with van der Waals surface area (Å²) in [6, 6.07) is 13.4. The van der Waals surface area contributed by atoms with Crippen molar-refractivity contribution in [2.75, 3.05) is 32.5 Å². The van der Waals surface area contributed by atoms with Crippen molar-refractivity contribution in [3.05, 3.63) is 64.7 Å². The highest BCUT2D eigenvalue weighted by atomic mass is 16.2. The molecule has 6 nitrogen and oxygen atoms in total. The molecule has 0 unspecified atom stereocenters. The van der Waals surface area contributed by atoms with Crippen LogP contribution in [0.1, 0.15) is 46.8 Å². The molecule has 0 aromatic heterocycles. The number of amides is 3. The second-order valence-corrected chi connectivity index (χ2v) is 8.87. The van der Waals surface area contributed by atoms with E-state index in [1.807, 2.05) is 50.2 Å². The van der Waals surface area contributed by atoms with Crippen LogP contribution >= 0.6 is 0 Å². The van der Waals surface area contributed by atoms with Crippen LogP contribution in [0.3, 0.4) is 0 Å². The van der Waals surface area contributed by atoms with Crippen LogP contribution in [0.4, 0.5) is 10.5 Å². The lowest BCUT2D eigenvalue weighted by Gasteiger charge is -2.30. The van der Waals surface area contributed by atoms with Crippen molar-refractivity contribution < 1.29 is 9.59 Å². The van der Waals surface area contributed by atoms with Crippen molar-refractivity contribution in [3.63, 3.8) is 0 Å². The number of hydrogen-bond donors (Lipinski definition) is 2. The first kappa shape index (κ1) is 22.8. The lowest BCUT2D eigenvalue weighted by Crippen LogP contribution is -2.37. The topological polar surface area (TPSA) is 64.7 Å². The molecule has 0 saturated carbocycles. The molecule has 3 rings (SSSR count). The zero-order valence-corrected chi connectivity index (χ0v) is 19.1. The van der Waals surface area contributed by atoms with E-state index in [-0.39, 0.29) is 11.9 Å². The van der Waals surface area contributed by atoms with Crippen LogP contribution in [0.15, 0.2) is 42.5 Å². The van der Waals surface area contributed by atoms with Crippen molar-refractivity contribution in [3.8, 4) is 0 Å². The molecule has 1 fully saturated rings. The normalized spacial score (nSPS) is 14.5. The molecular formula is C25H34N4O2. The number of anilines is 1. The highest BCUT2D eigenvalue weighted by Crippen LogP contribution is 2.21. The van der Waals surface area contributed by atoms with Gasteiger partial charge in [0.1, 0.15) is 0 Å². The number of likely N-dealkylation sites (tertiary alicyclic amines) is 1. The van der Waals surface area contributed by atoms with Crippen LogP contribution in [-0.2, 0) is 13.1 Å². The molecule has 0 atom stereocenters. The summed E-state index contributed by atoms with van der Waals surface area (Å²) in [5, 5.41) is 5.81. The van der Waals surface area contributed by atoms with Gasteiger partial charge in [0.25, 0.3) is 5.91 Å². The monoisotopic (exact) mass is 422 g/mol. The summed E-state index contributed by atoms with van der Waals surface area (Å²) < 4.78 is 0. The Morgan fingerprint density at radius 2 is 1.77 bits per heavy atom. The molecule has 1 aliphatic heterocycles. The Bertz CT molecular complexity index is 917. The summed E-state index contributed by atoms with van der Waals surface area (Å²) in [7, 11) is 4.07. The van der Waals surface area contributed by atoms with Gasteiger partial charge in [-0.2, -0.15) is 0 Å². The Hall–Kier alpha value is -2.86. The minimum Gasteiger partial charge on any atom is -0.339 e. The molecule has 0 aliphatic carbocycles. The first-order valence-corrected chi connectivity index (χ1v) is 11.0. The first-order chi connectivity index (χ1) is 14.8. The summed E-state index contributed by atoms with van der Waals surface area (Å²) in [5.41, 5.74) is 4.53. The third-order valence-corrected chi connectivity index (χ3v) is 5.74. The summed E-state index contributed by atoms with van der Waals surface area (Å²) in [5.74, 6) is 0.759. The summed E-state index contributed by atoms with van der Waals surface area (Å²) in [6.45, 7) is 7.10. The molecule has 1 saturated heterocycles. The van der Waals surface area contributed by atoms with Gasteiger partial charge in [-0.15, -0.1) is 0 Å². The maximum absolute atomic E-state index is 12.8. The maximum atomic E-state index is 12.8. The average molecular weight is 423 g/mol. The van der Waals surface area contributed by atoms with Crippen LogP contribution < -0.4 is 10.6 Å². The lowest BCUT2D eigenvalue weighted by molar-refractivity contribution is 0.0697. The molecule has 3 amide bonds. The summed E-state index contributed by atoms with van der Waals surface area (Å²) in [4.78, 5) is 29.2. The van der Waals surface area contributed by atoms with Crippen LogP contribution in [0, 0.1) is 12.8 Å². The number of carbonyl (C=O) groups is 2. The Morgan fingerprint density at radius 1 is 1.06 bits per heavy atom. The standard InChI is InChI=1S/C25H34N4O2/c1-18-10-12-29(13-11-18)24(30)22-8-9-23(19(2)14-22)27-25(31)26-16-20-6-5-7-21(15-20)17-28(3)4/h5-9,14-15,18H,10-13,16-17H2,1-4H3,(H2,26,27,31). The molecule has 166 valence electrons. The molecule has 2 N–H and O–H groups in total. The Kier molecular flexibility index (Phi) is 7.69. The van der Waals surface area contributed by atoms with E-state index >= 15 is 0 Å². The van der Waals surface area contributed by atoms with Crippen molar-refractivity contribution in [2.45, 2.75) is 39.8 Å². The Balaban J connectivity index is 1.55. The van der Waals surface area contributed by atoms with Crippen LogP contribution in [0.25, 0.3) is 0 Å². The lowest BCUT2D eigenvalue weighted by atomic mass is 9.98. The molecule has 0 bridgehead atoms. The van der Waals surface area contributed by atoms with Gasteiger partial charge in [0, 0.05) is 37.4 Å². The predicted octanol–water partition coefficient (Wildman–Crippen LogP) is 4.25. The van der Waals surface area contributed by atoms with E-state index in [1.165, 1.54) is 5.56 Å². The summed E-state index contributed by atoms with van der Waals surface area (Å²) >= 11 is 0. The van der Waals surface area contributed by atoms with Crippen LogP contribution in [0.2, 0.25) is 0 Å². The van der Waals surface area contributed by atoms with Crippen molar-refractivity contribution in [1.82, 2.24) is 15.1 Å². The van der Waals surface area contributed by atoms with Crippen molar-refractivity contribution >= 4 is 17.6 Å². The van der Waals surface area contributed by atoms with Gasteiger partial charge in [0.2, 0.25) is 0 Å².